The van der Waals surface area contributed by atoms with Gasteiger partial charge in [0.05, 0.1) is 12.1 Å². The van der Waals surface area contributed by atoms with E-state index in [0.717, 1.165) is 51.6 Å². The molecule has 0 amide bonds. The molecule has 0 radical (unpaired) electrons. The van der Waals surface area contributed by atoms with Crippen LogP contribution in [0.4, 0.5) is 0 Å². The summed E-state index contributed by atoms with van der Waals surface area (Å²) in [5.41, 5.74) is 1.28. The Morgan fingerprint density at radius 1 is 1.19 bits per heavy atom. The predicted octanol–water partition coefficient (Wildman–Crippen LogP) is 3.65. The quantitative estimate of drug-likeness (QED) is 0.444. The molecule has 0 spiro atoms. The van der Waals surface area contributed by atoms with Gasteiger partial charge in [-0.2, -0.15) is 0 Å². The van der Waals surface area contributed by atoms with Gasteiger partial charge in [0, 0.05) is 33.4 Å². The van der Waals surface area contributed by atoms with Crippen LogP contribution in [-0.4, -0.2) is 45.5 Å². The highest BCUT2D eigenvalue weighted by molar-refractivity contribution is 5.87. The maximum atomic E-state index is 5.92. The Hall–Kier alpha value is -2.11. The largest absolute Gasteiger partial charge is 0.381 e. The van der Waals surface area contributed by atoms with Crippen molar-refractivity contribution in [1.82, 2.24) is 10.6 Å². The van der Waals surface area contributed by atoms with Crippen molar-refractivity contribution in [2.24, 2.45) is 4.99 Å². The molecule has 0 aromatic heterocycles. The smallest absolute Gasteiger partial charge is 0.191 e. The van der Waals surface area contributed by atoms with Gasteiger partial charge in [-0.1, -0.05) is 42.5 Å². The van der Waals surface area contributed by atoms with Crippen molar-refractivity contribution < 1.29 is 9.47 Å². The third-order valence-corrected chi connectivity index (χ3v) is 5.00. The van der Waals surface area contributed by atoms with Gasteiger partial charge >= 0.3 is 0 Å². The van der Waals surface area contributed by atoms with Crippen molar-refractivity contribution in [3.05, 3.63) is 48.0 Å². The molecule has 5 heteroatoms. The Morgan fingerprint density at radius 2 is 1.96 bits per heavy atom. The molecule has 1 fully saturated rings. The molecule has 3 rings (SSSR count). The lowest BCUT2D eigenvalue weighted by Crippen LogP contribution is -2.39. The average molecular weight is 370 g/mol. The minimum Gasteiger partial charge on any atom is -0.381 e. The monoisotopic (exact) mass is 369 g/mol. The number of hydrogen-bond acceptors (Lipinski definition) is 3. The van der Waals surface area contributed by atoms with Crippen LogP contribution in [0.3, 0.4) is 0 Å². The first kappa shape index (κ1) is 19.6. The van der Waals surface area contributed by atoms with Crippen LogP contribution in [0.1, 0.15) is 37.8 Å². The summed E-state index contributed by atoms with van der Waals surface area (Å²) in [6.45, 7) is 5.43. The molecular weight excluding hydrogens is 338 g/mol. The summed E-state index contributed by atoms with van der Waals surface area (Å²) in [5, 5.41) is 9.43. The number of nitrogens with zero attached hydrogens (tertiary/aromatic N) is 1. The zero-order valence-electron chi connectivity index (χ0n) is 16.4. The molecule has 0 saturated carbocycles. The topological polar surface area (TPSA) is 54.9 Å². The van der Waals surface area contributed by atoms with Gasteiger partial charge < -0.3 is 20.1 Å². The van der Waals surface area contributed by atoms with Gasteiger partial charge in [0.25, 0.3) is 0 Å². The second-order valence-corrected chi connectivity index (χ2v) is 6.97. The fourth-order valence-corrected chi connectivity index (χ4v) is 3.48. The third kappa shape index (κ3) is 5.68. The molecule has 1 atom stereocenters. The first-order valence-corrected chi connectivity index (χ1v) is 9.92. The number of aliphatic imine (C=N–C) groups is 1. The molecule has 1 aliphatic rings. The van der Waals surface area contributed by atoms with Gasteiger partial charge in [0.1, 0.15) is 0 Å². The number of hydrogen-bond donors (Lipinski definition) is 2. The highest BCUT2D eigenvalue weighted by Gasteiger charge is 2.14. The lowest BCUT2D eigenvalue weighted by Gasteiger charge is -2.22. The molecular formula is C22H31N3O2. The van der Waals surface area contributed by atoms with Crippen LogP contribution in [0.2, 0.25) is 0 Å². The molecule has 2 aromatic carbocycles. The van der Waals surface area contributed by atoms with E-state index in [9.17, 15) is 0 Å². The zero-order valence-corrected chi connectivity index (χ0v) is 16.4. The van der Waals surface area contributed by atoms with Gasteiger partial charge in [-0.05, 0) is 42.5 Å². The van der Waals surface area contributed by atoms with Crippen molar-refractivity contribution in [1.29, 1.82) is 0 Å². The van der Waals surface area contributed by atoms with Crippen LogP contribution in [0.5, 0.6) is 0 Å². The number of ether oxygens (including phenoxy) is 2. The first-order chi connectivity index (χ1) is 13.3. The number of benzene rings is 2. The molecule has 1 heterocycles. The number of guanidine groups is 1. The summed E-state index contributed by atoms with van der Waals surface area (Å²) in [7, 11) is 1.81. The van der Waals surface area contributed by atoms with Crippen molar-refractivity contribution in [2.75, 3.05) is 33.4 Å². The van der Waals surface area contributed by atoms with Crippen LogP contribution in [0.15, 0.2) is 47.5 Å². The van der Waals surface area contributed by atoms with E-state index < -0.39 is 0 Å². The van der Waals surface area contributed by atoms with Gasteiger partial charge in [-0.25, -0.2) is 0 Å². The Labute approximate surface area is 162 Å². The van der Waals surface area contributed by atoms with Crippen LogP contribution in [-0.2, 0) is 9.47 Å². The molecule has 1 unspecified atom stereocenters. The van der Waals surface area contributed by atoms with E-state index in [1.807, 2.05) is 7.05 Å². The van der Waals surface area contributed by atoms with E-state index in [-0.39, 0.29) is 6.04 Å². The van der Waals surface area contributed by atoms with Gasteiger partial charge in [-0.3, -0.25) is 4.99 Å². The predicted molar refractivity (Wildman–Crippen MR) is 111 cm³/mol. The molecule has 2 aromatic rings. The van der Waals surface area contributed by atoms with E-state index in [2.05, 4.69) is 65.0 Å². The standard InChI is InChI=1S/C22H31N3O2/c1-17(20-10-5-8-18-7-3-4-9-21(18)20)25-22(23-2)24-13-6-14-27-19-11-15-26-16-12-19/h3-5,7-10,17,19H,6,11-16H2,1-2H3,(H2,23,24,25). The van der Waals surface area contributed by atoms with E-state index in [1.165, 1.54) is 16.3 Å². The fraction of sp³-hybridized carbons (Fsp3) is 0.500. The molecule has 27 heavy (non-hydrogen) atoms. The molecule has 0 aliphatic carbocycles. The minimum atomic E-state index is 0.167. The molecule has 1 saturated heterocycles. The Bertz CT molecular complexity index is 736. The Morgan fingerprint density at radius 3 is 2.78 bits per heavy atom. The fourth-order valence-electron chi connectivity index (χ4n) is 3.48. The highest BCUT2D eigenvalue weighted by atomic mass is 16.5. The van der Waals surface area contributed by atoms with Crippen molar-refractivity contribution in [2.45, 2.75) is 38.3 Å². The van der Waals surface area contributed by atoms with Crippen LogP contribution >= 0.6 is 0 Å². The number of nitrogens with one attached hydrogen (secondary N) is 2. The second-order valence-electron chi connectivity index (χ2n) is 6.97. The summed E-state index contributed by atoms with van der Waals surface area (Å²) >= 11 is 0. The lowest BCUT2D eigenvalue weighted by atomic mass is 10.00. The van der Waals surface area contributed by atoms with Crippen LogP contribution in [0, 0.1) is 0 Å². The normalized spacial score (nSPS) is 17.0. The molecule has 0 bridgehead atoms. The van der Waals surface area contributed by atoms with E-state index in [0.29, 0.717) is 6.10 Å². The summed E-state index contributed by atoms with van der Waals surface area (Å²) in [4.78, 5) is 4.36. The third-order valence-electron chi connectivity index (χ3n) is 5.00. The zero-order chi connectivity index (χ0) is 18.9. The maximum absolute atomic E-state index is 5.92. The van der Waals surface area contributed by atoms with E-state index >= 15 is 0 Å². The Balaban J connectivity index is 1.45. The average Bonchev–Trinajstić information content (AvgIpc) is 2.72. The number of fused-ring (bicyclic) bond motifs is 1. The number of rotatable bonds is 7. The molecule has 146 valence electrons. The summed E-state index contributed by atoms with van der Waals surface area (Å²) < 4.78 is 11.3. The van der Waals surface area contributed by atoms with Gasteiger partial charge in [0.2, 0.25) is 0 Å². The van der Waals surface area contributed by atoms with Crippen molar-refractivity contribution in [3.63, 3.8) is 0 Å². The van der Waals surface area contributed by atoms with E-state index in [1.54, 1.807) is 0 Å². The van der Waals surface area contributed by atoms with E-state index in [4.69, 9.17) is 9.47 Å². The molecule has 1 aliphatic heterocycles. The maximum Gasteiger partial charge on any atom is 0.191 e. The van der Waals surface area contributed by atoms with Gasteiger partial charge in [0.15, 0.2) is 5.96 Å². The summed E-state index contributed by atoms with van der Waals surface area (Å²) in [6, 6.07) is 15.1. The highest BCUT2D eigenvalue weighted by Crippen LogP contribution is 2.23. The second kappa shape index (κ2) is 10.3. The molecule has 5 nitrogen and oxygen atoms in total. The van der Waals surface area contributed by atoms with Gasteiger partial charge in [-0.15, -0.1) is 0 Å². The first-order valence-electron chi connectivity index (χ1n) is 9.92. The van der Waals surface area contributed by atoms with Crippen LogP contribution in [0.25, 0.3) is 10.8 Å². The summed E-state index contributed by atoms with van der Waals surface area (Å²) in [5.74, 6) is 0.821. The van der Waals surface area contributed by atoms with Crippen molar-refractivity contribution in [3.8, 4) is 0 Å². The van der Waals surface area contributed by atoms with Crippen molar-refractivity contribution >= 4 is 16.7 Å². The lowest BCUT2D eigenvalue weighted by molar-refractivity contribution is -0.0320. The Kier molecular flexibility index (Phi) is 7.48. The minimum absolute atomic E-state index is 0.167. The summed E-state index contributed by atoms with van der Waals surface area (Å²) in [6.07, 6.45) is 3.35. The molecule has 2 N–H and O–H groups in total. The SMILES string of the molecule is CN=C(NCCCOC1CCOCC1)NC(C)c1cccc2ccccc12. The van der Waals surface area contributed by atoms with Crippen LogP contribution < -0.4 is 10.6 Å².